The Labute approximate surface area is 256 Å². The average Bonchev–Trinajstić information content (AvgIpc) is 3.10. The summed E-state index contributed by atoms with van der Waals surface area (Å²) in [6.07, 6.45) is 0. The fraction of sp³-hybridized carbons (Fsp3) is 0. The van der Waals surface area contributed by atoms with Crippen LogP contribution >= 0.6 is 0 Å². The number of fused-ring (bicyclic) bond motifs is 6. The molecule has 0 heterocycles. The lowest BCUT2D eigenvalue weighted by Crippen LogP contribution is -1.86. The van der Waals surface area contributed by atoms with Crippen LogP contribution in [0.25, 0.3) is 87.2 Å². The first-order valence-corrected chi connectivity index (χ1v) is 15.2. The van der Waals surface area contributed by atoms with Crippen LogP contribution in [0.15, 0.2) is 170 Å². The molecule has 0 aliphatic rings. The molecule has 0 spiro atoms. The molecular formula is C44H28. The minimum absolute atomic E-state index is 1.23. The Morgan fingerprint density at radius 2 is 0.682 bits per heavy atom. The Morgan fingerprint density at radius 3 is 1.41 bits per heavy atom. The van der Waals surface area contributed by atoms with Gasteiger partial charge in [-0.15, -0.1) is 0 Å². The lowest BCUT2D eigenvalue weighted by molar-refractivity contribution is 1.61. The Bertz CT molecular complexity index is 2550. The van der Waals surface area contributed by atoms with Gasteiger partial charge in [-0.05, 0) is 130 Å². The summed E-state index contributed by atoms with van der Waals surface area (Å²) in [6, 6.07) is 62.4. The topological polar surface area (TPSA) is 0 Å². The van der Waals surface area contributed by atoms with Gasteiger partial charge < -0.3 is 0 Å². The first-order chi connectivity index (χ1) is 21.8. The van der Waals surface area contributed by atoms with Gasteiger partial charge in [0.05, 0.1) is 0 Å². The van der Waals surface area contributed by atoms with Gasteiger partial charge in [0.1, 0.15) is 0 Å². The van der Waals surface area contributed by atoms with Gasteiger partial charge in [-0.1, -0.05) is 127 Å². The Hall–Kier alpha value is -5.72. The second kappa shape index (κ2) is 9.93. The summed E-state index contributed by atoms with van der Waals surface area (Å²) in [5, 5.41) is 12.7. The predicted molar refractivity (Wildman–Crippen MR) is 190 cm³/mol. The molecule has 0 bridgehead atoms. The van der Waals surface area contributed by atoms with Crippen molar-refractivity contribution < 1.29 is 0 Å². The quantitative estimate of drug-likeness (QED) is 0.150. The highest BCUT2D eigenvalue weighted by Gasteiger charge is 2.10. The Balaban J connectivity index is 1.12. The zero-order valence-electron chi connectivity index (χ0n) is 24.2. The summed E-state index contributed by atoms with van der Waals surface area (Å²) in [4.78, 5) is 0. The molecule has 0 amide bonds. The molecule has 0 fully saturated rings. The SMILES string of the molecule is c1cc(-c2ccc3ccccc3c2)cc(-c2ccc3cc4cc(-c5cc6ccccc6c6ccccc56)ccc4cc3c2)c1. The molecule has 9 rings (SSSR count). The number of benzene rings is 9. The van der Waals surface area contributed by atoms with E-state index in [1.54, 1.807) is 0 Å². The molecule has 0 unspecified atom stereocenters. The summed E-state index contributed by atoms with van der Waals surface area (Å²) in [7, 11) is 0. The van der Waals surface area contributed by atoms with Crippen LogP contribution in [0.5, 0.6) is 0 Å². The van der Waals surface area contributed by atoms with E-state index < -0.39 is 0 Å². The predicted octanol–water partition coefficient (Wildman–Crippen LogP) is 12.5. The maximum atomic E-state index is 2.35. The van der Waals surface area contributed by atoms with Crippen LogP contribution in [0.3, 0.4) is 0 Å². The summed E-state index contributed by atoms with van der Waals surface area (Å²) in [6.45, 7) is 0. The zero-order chi connectivity index (χ0) is 29.0. The van der Waals surface area contributed by atoms with Crippen molar-refractivity contribution >= 4 is 53.9 Å². The van der Waals surface area contributed by atoms with E-state index >= 15 is 0 Å². The van der Waals surface area contributed by atoms with E-state index in [9.17, 15) is 0 Å². The maximum absolute atomic E-state index is 2.35. The standard InChI is InChI=1S/C44H28/c1-2-9-30-22-33(17-16-29(30)8-1)31-11-7-12-32(23-31)34-18-19-35-26-40-27-38(21-20-36(40)25-39(35)24-34)44-28-37-10-3-4-13-41(37)42-14-5-6-15-43(42)44/h1-28H. The molecule has 0 aromatic heterocycles. The second-order valence-electron chi connectivity index (χ2n) is 11.8. The van der Waals surface area contributed by atoms with Crippen molar-refractivity contribution in [1.29, 1.82) is 0 Å². The number of hydrogen-bond acceptors (Lipinski definition) is 0. The van der Waals surface area contributed by atoms with Crippen molar-refractivity contribution in [1.82, 2.24) is 0 Å². The van der Waals surface area contributed by atoms with Crippen molar-refractivity contribution in [2.45, 2.75) is 0 Å². The molecule has 9 aromatic carbocycles. The van der Waals surface area contributed by atoms with E-state index in [0.717, 1.165) is 0 Å². The summed E-state index contributed by atoms with van der Waals surface area (Å²) in [5.74, 6) is 0. The van der Waals surface area contributed by atoms with Crippen LogP contribution in [-0.2, 0) is 0 Å². The first kappa shape index (κ1) is 24.8. The third-order valence-corrected chi connectivity index (χ3v) is 9.15. The molecule has 0 aliphatic carbocycles. The highest BCUT2D eigenvalue weighted by atomic mass is 14.1. The van der Waals surface area contributed by atoms with Gasteiger partial charge in [-0.25, -0.2) is 0 Å². The summed E-state index contributed by atoms with van der Waals surface area (Å²) in [5.41, 5.74) is 7.48. The van der Waals surface area contributed by atoms with E-state index in [0.29, 0.717) is 0 Å². The fourth-order valence-corrected chi connectivity index (χ4v) is 6.88. The highest BCUT2D eigenvalue weighted by Crippen LogP contribution is 2.37. The molecule has 0 radical (unpaired) electrons. The van der Waals surface area contributed by atoms with Gasteiger partial charge in [0, 0.05) is 0 Å². The minimum atomic E-state index is 1.23. The molecule has 0 heteroatoms. The normalized spacial score (nSPS) is 11.6. The van der Waals surface area contributed by atoms with Gasteiger partial charge in [0.25, 0.3) is 0 Å². The van der Waals surface area contributed by atoms with Gasteiger partial charge in [0.2, 0.25) is 0 Å². The summed E-state index contributed by atoms with van der Waals surface area (Å²) < 4.78 is 0. The van der Waals surface area contributed by atoms with Crippen molar-refractivity contribution in [2.24, 2.45) is 0 Å². The van der Waals surface area contributed by atoms with E-state index in [-0.39, 0.29) is 0 Å². The third-order valence-electron chi connectivity index (χ3n) is 9.15. The minimum Gasteiger partial charge on any atom is -0.0616 e. The van der Waals surface area contributed by atoms with Gasteiger partial charge >= 0.3 is 0 Å². The van der Waals surface area contributed by atoms with Crippen LogP contribution in [0.1, 0.15) is 0 Å². The van der Waals surface area contributed by atoms with E-state index in [4.69, 9.17) is 0 Å². The smallest absolute Gasteiger partial charge is 0.00988 e. The van der Waals surface area contributed by atoms with Crippen molar-refractivity contribution in [2.75, 3.05) is 0 Å². The average molecular weight is 557 g/mol. The number of rotatable bonds is 3. The third kappa shape index (κ3) is 4.15. The van der Waals surface area contributed by atoms with Crippen LogP contribution in [0.4, 0.5) is 0 Å². The fourth-order valence-electron chi connectivity index (χ4n) is 6.88. The van der Waals surface area contributed by atoms with Crippen LogP contribution in [0, 0.1) is 0 Å². The molecule has 0 saturated carbocycles. The van der Waals surface area contributed by atoms with E-state index in [2.05, 4.69) is 170 Å². The molecule has 0 atom stereocenters. The first-order valence-electron chi connectivity index (χ1n) is 15.2. The van der Waals surface area contributed by atoms with Crippen LogP contribution in [0.2, 0.25) is 0 Å². The lowest BCUT2D eigenvalue weighted by atomic mass is 9.91. The van der Waals surface area contributed by atoms with E-state index in [1.165, 1.54) is 87.2 Å². The molecule has 0 aliphatic heterocycles. The Morgan fingerprint density at radius 1 is 0.205 bits per heavy atom. The second-order valence-corrected chi connectivity index (χ2v) is 11.8. The number of hydrogen-bond donors (Lipinski definition) is 0. The van der Waals surface area contributed by atoms with Crippen LogP contribution in [-0.4, -0.2) is 0 Å². The van der Waals surface area contributed by atoms with Gasteiger partial charge in [0.15, 0.2) is 0 Å². The van der Waals surface area contributed by atoms with E-state index in [1.807, 2.05) is 0 Å². The molecular weight excluding hydrogens is 528 g/mol. The highest BCUT2D eigenvalue weighted by molar-refractivity contribution is 6.14. The molecule has 0 saturated heterocycles. The molecule has 204 valence electrons. The molecule has 0 N–H and O–H groups in total. The van der Waals surface area contributed by atoms with Crippen LogP contribution < -0.4 is 0 Å². The monoisotopic (exact) mass is 556 g/mol. The zero-order valence-corrected chi connectivity index (χ0v) is 24.2. The van der Waals surface area contributed by atoms with Crippen molar-refractivity contribution in [3.8, 4) is 33.4 Å². The van der Waals surface area contributed by atoms with Crippen molar-refractivity contribution in [3.05, 3.63) is 170 Å². The summed E-state index contributed by atoms with van der Waals surface area (Å²) >= 11 is 0. The molecule has 9 aromatic rings. The largest absolute Gasteiger partial charge is 0.0616 e. The molecule has 0 nitrogen and oxygen atoms in total. The lowest BCUT2D eigenvalue weighted by Gasteiger charge is -2.12. The van der Waals surface area contributed by atoms with Gasteiger partial charge in [-0.3, -0.25) is 0 Å². The van der Waals surface area contributed by atoms with Gasteiger partial charge in [-0.2, -0.15) is 0 Å². The molecule has 44 heavy (non-hydrogen) atoms. The maximum Gasteiger partial charge on any atom is -0.00988 e. The van der Waals surface area contributed by atoms with Crippen molar-refractivity contribution in [3.63, 3.8) is 0 Å². The Kier molecular flexibility index (Phi) is 5.61.